The van der Waals surface area contributed by atoms with Crippen LogP contribution in [0.25, 0.3) is 11.2 Å². The van der Waals surface area contributed by atoms with E-state index in [2.05, 4.69) is 20.3 Å². The molecule has 1 amide bonds. The van der Waals surface area contributed by atoms with Crippen molar-refractivity contribution >= 4 is 40.9 Å². The van der Waals surface area contributed by atoms with Crippen molar-refractivity contribution in [1.82, 2.24) is 19.5 Å². The number of H-pyrrole nitrogens is 1. The summed E-state index contributed by atoms with van der Waals surface area (Å²) in [7, 11) is 0. The minimum atomic E-state index is -1.36. The van der Waals surface area contributed by atoms with Gasteiger partial charge < -0.3 is 18.9 Å². The smallest absolute Gasteiger partial charge is 0.350 e. The number of amides is 1. The molecule has 0 aliphatic carbocycles. The highest BCUT2D eigenvalue weighted by Crippen LogP contribution is 2.40. The molecule has 164 valence electrons. The number of fused-ring (bicyclic) bond motifs is 2. The number of nitrogens with one attached hydrogen (secondary N) is 2. The average Bonchev–Trinajstić information content (AvgIpc) is 3.29. The van der Waals surface area contributed by atoms with Gasteiger partial charge in [0.05, 0.1) is 0 Å². The Balaban J connectivity index is 1.74. The van der Waals surface area contributed by atoms with Gasteiger partial charge in [-0.25, -0.2) is 9.78 Å². The van der Waals surface area contributed by atoms with Crippen molar-refractivity contribution in [2.75, 3.05) is 5.32 Å². The maximum atomic E-state index is 12.6. The number of anilines is 1. The lowest BCUT2D eigenvalue weighted by atomic mass is 10.1. The number of aromatic amines is 1. The van der Waals surface area contributed by atoms with Crippen LogP contribution < -0.4 is 10.9 Å². The molecule has 2 aliphatic rings. The number of hydrogen-bond acceptors (Lipinski definition) is 11. The van der Waals surface area contributed by atoms with E-state index in [4.69, 9.17) is 18.9 Å². The van der Waals surface area contributed by atoms with Gasteiger partial charge in [0, 0.05) is 20.8 Å². The summed E-state index contributed by atoms with van der Waals surface area (Å²) in [5.74, 6) is -2.79. The predicted molar refractivity (Wildman–Crippen MR) is 97.4 cm³/mol. The molecule has 2 saturated heterocycles. The zero-order valence-electron chi connectivity index (χ0n) is 16.5. The van der Waals surface area contributed by atoms with Crippen LogP contribution in [0.15, 0.2) is 11.1 Å². The lowest BCUT2D eigenvalue weighted by Crippen LogP contribution is -2.36. The molecule has 31 heavy (non-hydrogen) atoms. The van der Waals surface area contributed by atoms with Gasteiger partial charge in [-0.1, -0.05) is 0 Å². The number of carbonyl (C=O) groups is 4. The Bertz CT molecular complexity index is 1150. The molecule has 5 unspecified atom stereocenters. The van der Waals surface area contributed by atoms with Crippen LogP contribution in [0.2, 0.25) is 0 Å². The first-order chi connectivity index (χ1) is 14.7. The van der Waals surface area contributed by atoms with Gasteiger partial charge in [0.25, 0.3) is 5.56 Å². The maximum absolute atomic E-state index is 12.6. The summed E-state index contributed by atoms with van der Waals surface area (Å²) in [6.07, 6.45) is -4.57. The molecule has 0 spiro atoms. The zero-order chi connectivity index (χ0) is 22.4. The molecule has 2 aliphatic heterocycles. The standard InChI is InChI=1S/C17H17N5O9/c1-5(23)19-17-20-13-8(14(26)21-17)22(4-18-13)15-11(28-6(2)24)9-10(30-15)12(16(27)31-9)29-7(3)25/h4,9-12,15H,1-3H3,(H2,19,20,21,23,26). The topological polar surface area (TPSA) is 181 Å². The highest BCUT2D eigenvalue weighted by molar-refractivity contribution is 5.87. The van der Waals surface area contributed by atoms with Gasteiger partial charge in [-0.15, -0.1) is 0 Å². The molecule has 0 aromatic carbocycles. The summed E-state index contributed by atoms with van der Waals surface area (Å²) in [6.45, 7) is 3.53. The van der Waals surface area contributed by atoms with Crippen molar-refractivity contribution in [1.29, 1.82) is 0 Å². The Morgan fingerprint density at radius 3 is 2.48 bits per heavy atom. The number of aromatic nitrogens is 4. The summed E-state index contributed by atoms with van der Waals surface area (Å²) in [4.78, 5) is 69.5. The Hall–Kier alpha value is -3.81. The van der Waals surface area contributed by atoms with Crippen molar-refractivity contribution in [3.05, 3.63) is 16.7 Å². The lowest BCUT2D eigenvalue weighted by molar-refractivity contribution is -0.174. The van der Waals surface area contributed by atoms with Crippen LogP contribution in [-0.2, 0) is 38.1 Å². The molecular weight excluding hydrogens is 418 g/mol. The molecule has 4 rings (SSSR count). The molecule has 2 aromatic rings. The fourth-order valence-electron chi connectivity index (χ4n) is 3.58. The van der Waals surface area contributed by atoms with E-state index in [0.717, 1.165) is 13.8 Å². The summed E-state index contributed by atoms with van der Waals surface area (Å²) in [5, 5.41) is 2.35. The quantitative estimate of drug-likeness (QED) is 0.433. The van der Waals surface area contributed by atoms with Gasteiger partial charge in [-0.3, -0.25) is 34.0 Å². The van der Waals surface area contributed by atoms with Crippen molar-refractivity contribution in [2.24, 2.45) is 0 Å². The van der Waals surface area contributed by atoms with E-state index >= 15 is 0 Å². The molecule has 2 aromatic heterocycles. The van der Waals surface area contributed by atoms with Crippen molar-refractivity contribution < 1.29 is 38.1 Å². The average molecular weight is 435 g/mol. The maximum Gasteiger partial charge on any atom is 0.350 e. The largest absolute Gasteiger partial charge is 0.454 e. The molecule has 0 saturated carbocycles. The van der Waals surface area contributed by atoms with E-state index in [9.17, 15) is 24.0 Å². The molecule has 0 radical (unpaired) electrons. The highest BCUT2D eigenvalue weighted by Gasteiger charge is 2.61. The van der Waals surface area contributed by atoms with Gasteiger partial charge >= 0.3 is 17.9 Å². The van der Waals surface area contributed by atoms with Gasteiger partial charge in [0.1, 0.15) is 12.4 Å². The Morgan fingerprint density at radius 2 is 1.84 bits per heavy atom. The van der Waals surface area contributed by atoms with E-state index < -0.39 is 60.0 Å². The van der Waals surface area contributed by atoms with Crippen LogP contribution >= 0.6 is 0 Å². The number of ether oxygens (including phenoxy) is 4. The summed E-state index contributed by atoms with van der Waals surface area (Å²) < 4.78 is 22.7. The van der Waals surface area contributed by atoms with Crippen LogP contribution in [0.4, 0.5) is 5.95 Å². The number of hydrogen-bond donors (Lipinski definition) is 2. The van der Waals surface area contributed by atoms with Gasteiger partial charge in [-0.05, 0) is 0 Å². The van der Waals surface area contributed by atoms with E-state index in [-0.39, 0.29) is 17.1 Å². The van der Waals surface area contributed by atoms with Crippen molar-refractivity contribution in [2.45, 2.75) is 51.4 Å². The molecular formula is C17H17N5O9. The normalized spacial score (nSPS) is 26.9. The number of imidazole rings is 1. The van der Waals surface area contributed by atoms with Crippen LogP contribution in [0.3, 0.4) is 0 Å². The van der Waals surface area contributed by atoms with Gasteiger partial charge in [0.15, 0.2) is 29.6 Å². The van der Waals surface area contributed by atoms with E-state index in [1.54, 1.807) is 0 Å². The zero-order valence-corrected chi connectivity index (χ0v) is 16.5. The van der Waals surface area contributed by atoms with E-state index in [1.165, 1.54) is 17.8 Å². The summed E-state index contributed by atoms with van der Waals surface area (Å²) in [5.41, 5.74) is -0.697. The van der Waals surface area contributed by atoms with Crippen molar-refractivity contribution in [3.8, 4) is 0 Å². The number of carbonyl (C=O) groups excluding carboxylic acids is 4. The minimum absolute atomic E-state index is 0.0109. The monoisotopic (exact) mass is 435 g/mol. The van der Waals surface area contributed by atoms with Gasteiger partial charge in [-0.2, -0.15) is 4.98 Å². The number of esters is 3. The number of nitrogens with zero attached hydrogens (tertiary/aromatic N) is 3. The molecule has 14 heteroatoms. The van der Waals surface area contributed by atoms with Crippen LogP contribution in [0.1, 0.15) is 27.0 Å². The SMILES string of the molecule is CC(=O)Nc1nc2ncn(C3OC4C(OC(C)=O)C(=O)OC4C3OC(C)=O)c2c(=O)[nH]1. The third-order valence-corrected chi connectivity index (χ3v) is 4.61. The van der Waals surface area contributed by atoms with Gasteiger partial charge in [0.2, 0.25) is 18.0 Å². The third-order valence-electron chi connectivity index (χ3n) is 4.61. The Labute approximate surface area is 172 Å². The first-order valence-corrected chi connectivity index (χ1v) is 9.10. The molecule has 14 nitrogen and oxygen atoms in total. The molecule has 0 bridgehead atoms. The Morgan fingerprint density at radius 1 is 1.13 bits per heavy atom. The summed E-state index contributed by atoms with van der Waals surface area (Å²) >= 11 is 0. The number of rotatable bonds is 4. The van der Waals surface area contributed by atoms with Crippen molar-refractivity contribution in [3.63, 3.8) is 0 Å². The predicted octanol–water partition coefficient (Wildman–Crippen LogP) is -1.24. The second kappa shape index (κ2) is 7.46. The lowest BCUT2D eigenvalue weighted by Gasteiger charge is -2.22. The molecule has 2 N–H and O–H groups in total. The molecule has 4 heterocycles. The highest BCUT2D eigenvalue weighted by atomic mass is 16.7. The van der Waals surface area contributed by atoms with Crippen LogP contribution in [0, 0.1) is 0 Å². The Kier molecular flexibility index (Phi) is 4.93. The fraction of sp³-hybridized carbons (Fsp3) is 0.471. The second-order valence-corrected chi connectivity index (χ2v) is 6.92. The summed E-state index contributed by atoms with van der Waals surface area (Å²) in [6, 6.07) is 0. The van der Waals surface area contributed by atoms with Crippen LogP contribution in [-0.4, -0.2) is 67.7 Å². The van der Waals surface area contributed by atoms with E-state index in [1.807, 2.05) is 0 Å². The second-order valence-electron chi connectivity index (χ2n) is 6.92. The van der Waals surface area contributed by atoms with Crippen LogP contribution in [0.5, 0.6) is 0 Å². The fourth-order valence-corrected chi connectivity index (χ4v) is 3.58. The third kappa shape index (κ3) is 3.61. The molecule has 5 atom stereocenters. The first-order valence-electron chi connectivity index (χ1n) is 9.10. The molecule has 2 fully saturated rings. The first kappa shape index (κ1) is 20.5. The van der Waals surface area contributed by atoms with E-state index in [0.29, 0.717) is 0 Å². The minimum Gasteiger partial charge on any atom is -0.454 e.